The van der Waals surface area contributed by atoms with Gasteiger partial charge in [-0.1, -0.05) is 18.5 Å². The van der Waals surface area contributed by atoms with Crippen molar-refractivity contribution in [2.45, 2.75) is 39.7 Å². The van der Waals surface area contributed by atoms with Gasteiger partial charge in [0.05, 0.1) is 6.20 Å². The van der Waals surface area contributed by atoms with Crippen LogP contribution >= 0.6 is 11.6 Å². The van der Waals surface area contributed by atoms with Gasteiger partial charge >= 0.3 is 0 Å². The first-order chi connectivity index (χ1) is 9.99. The third-order valence-electron chi connectivity index (χ3n) is 3.44. The van der Waals surface area contributed by atoms with Crippen molar-refractivity contribution in [3.8, 4) is 11.5 Å². The van der Waals surface area contributed by atoms with E-state index in [0.717, 1.165) is 46.1 Å². The summed E-state index contributed by atoms with van der Waals surface area (Å²) in [5, 5.41) is 0.721. The molecule has 1 aromatic carbocycles. The molecule has 1 atom stereocenters. The maximum Gasteiger partial charge on any atom is 0.146 e. The molecule has 21 heavy (non-hydrogen) atoms. The monoisotopic (exact) mass is 304 g/mol. The smallest absolute Gasteiger partial charge is 0.146 e. The minimum absolute atomic E-state index is 0.154. The summed E-state index contributed by atoms with van der Waals surface area (Å²) in [6, 6.07) is 5.94. The lowest BCUT2D eigenvalue weighted by Gasteiger charge is -2.13. The molecule has 2 rings (SSSR count). The molecule has 2 N–H and O–H groups in total. The molecule has 1 aromatic heterocycles. The highest BCUT2D eigenvalue weighted by atomic mass is 35.5. The second-order valence-corrected chi connectivity index (χ2v) is 5.81. The van der Waals surface area contributed by atoms with E-state index in [9.17, 15) is 0 Å². The molecule has 0 aliphatic carbocycles. The van der Waals surface area contributed by atoms with Crippen molar-refractivity contribution in [1.82, 2.24) is 4.98 Å². The Morgan fingerprint density at radius 2 is 1.86 bits per heavy atom. The molecule has 0 aliphatic heterocycles. The highest BCUT2D eigenvalue weighted by molar-refractivity contribution is 6.30. The average Bonchev–Trinajstić information content (AvgIpc) is 2.43. The number of halogens is 1. The highest BCUT2D eigenvalue weighted by Crippen LogP contribution is 2.31. The summed E-state index contributed by atoms with van der Waals surface area (Å²) in [6.07, 6.45) is 5.30. The third kappa shape index (κ3) is 4.19. The zero-order valence-corrected chi connectivity index (χ0v) is 13.4. The number of pyridine rings is 1. The first-order valence-corrected chi connectivity index (χ1v) is 7.51. The zero-order valence-electron chi connectivity index (χ0n) is 12.7. The van der Waals surface area contributed by atoms with Crippen molar-refractivity contribution in [2.24, 2.45) is 5.73 Å². The molecule has 0 amide bonds. The van der Waals surface area contributed by atoms with Crippen LogP contribution in [0, 0.1) is 13.8 Å². The van der Waals surface area contributed by atoms with Crippen LogP contribution in [0.25, 0.3) is 0 Å². The molecule has 0 spiro atoms. The molecule has 112 valence electrons. The predicted molar refractivity (Wildman–Crippen MR) is 87.2 cm³/mol. The van der Waals surface area contributed by atoms with Gasteiger partial charge in [0.2, 0.25) is 0 Å². The molecule has 4 heteroatoms. The Bertz CT molecular complexity index is 605. The van der Waals surface area contributed by atoms with Gasteiger partial charge in [-0.3, -0.25) is 4.98 Å². The van der Waals surface area contributed by atoms with Gasteiger partial charge in [-0.2, -0.15) is 0 Å². The van der Waals surface area contributed by atoms with Crippen LogP contribution in [-0.4, -0.2) is 11.0 Å². The molecule has 1 heterocycles. The number of rotatable bonds is 5. The van der Waals surface area contributed by atoms with Crippen molar-refractivity contribution in [1.29, 1.82) is 0 Å². The molecule has 0 aliphatic rings. The van der Waals surface area contributed by atoms with Crippen LogP contribution in [0.2, 0.25) is 5.02 Å². The van der Waals surface area contributed by atoms with E-state index < -0.39 is 0 Å². The Kier molecular flexibility index (Phi) is 5.21. The standard InChI is InChI=1S/C17H21ClN2O/c1-4-15(19)7-13-8-16(10-20-9-13)21-17-11(2)5-14(18)6-12(17)3/h5-6,8-10,15H,4,7,19H2,1-3H3. The summed E-state index contributed by atoms with van der Waals surface area (Å²) in [5.74, 6) is 1.56. The van der Waals surface area contributed by atoms with Crippen LogP contribution in [0.1, 0.15) is 30.0 Å². The molecule has 0 radical (unpaired) electrons. The minimum atomic E-state index is 0.154. The van der Waals surface area contributed by atoms with E-state index in [2.05, 4.69) is 11.9 Å². The molecule has 3 nitrogen and oxygen atoms in total. The van der Waals surface area contributed by atoms with E-state index in [-0.39, 0.29) is 6.04 Å². The summed E-state index contributed by atoms with van der Waals surface area (Å²) >= 11 is 6.04. The van der Waals surface area contributed by atoms with Crippen LogP contribution in [-0.2, 0) is 6.42 Å². The number of ether oxygens (including phenoxy) is 1. The topological polar surface area (TPSA) is 48.1 Å². The summed E-state index contributed by atoms with van der Waals surface area (Å²) in [5.41, 5.74) is 9.10. The lowest BCUT2D eigenvalue weighted by molar-refractivity contribution is 0.471. The summed E-state index contributed by atoms with van der Waals surface area (Å²) in [7, 11) is 0. The largest absolute Gasteiger partial charge is 0.455 e. The Labute approximate surface area is 131 Å². The molecular weight excluding hydrogens is 284 g/mol. The SMILES string of the molecule is CCC(N)Cc1cncc(Oc2c(C)cc(Cl)cc2C)c1. The van der Waals surface area contributed by atoms with E-state index in [1.807, 2.05) is 38.2 Å². The number of aromatic nitrogens is 1. The predicted octanol–water partition coefficient (Wildman–Crippen LogP) is 4.42. The number of nitrogens with zero attached hydrogens (tertiary/aromatic N) is 1. The van der Waals surface area contributed by atoms with Crippen molar-refractivity contribution in [2.75, 3.05) is 0 Å². The maximum absolute atomic E-state index is 6.04. The molecule has 2 aromatic rings. The second-order valence-electron chi connectivity index (χ2n) is 5.37. The minimum Gasteiger partial charge on any atom is -0.455 e. The van der Waals surface area contributed by atoms with Gasteiger partial charge in [-0.25, -0.2) is 0 Å². The quantitative estimate of drug-likeness (QED) is 0.889. The lowest BCUT2D eigenvalue weighted by atomic mass is 10.1. The van der Waals surface area contributed by atoms with Gasteiger partial charge in [-0.15, -0.1) is 0 Å². The summed E-state index contributed by atoms with van der Waals surface area (Å²) in [6.45, 7) is 6.05. The molecule has 0 saturated heterocycles. The van der Waals surface area contributed by atoms with Crippen LogP contribution in [0.3, 0.4) is 0 Å². The van der Waals surface area contributed by atoms with Gasteiger partial charge in [0.1, 0.15) is 11.5 Å². The number of hydrogen-bond donors (Lipinski definition) is 1. The van der Waals surface area contributed by atoms with E-state index >= 15 is 0 Å². The number of benzene rings is 1. The lowest BCUT2D eigenvalue weighted by Crippen LogP contribution is -2.21. The van der Waals surface area contributed by atoms with Crippen LogP contribution in [0.15, 0.2) is 30.6 Å². The van der Waals surface area contributed by atoms with Gasteiger partial charge in [-0.05, 0) is 61.6 Å². The van der Waals surface area contributed by atoms with E-state index in [1.165, 1.54) is 0 Å². The first kappa shape index (κ1) is 15.8. The van der Waals surface area contributed by atoms with Gasteiger partial charge < -0.3 is 10.5 Å². The number of nitrogens with two attached hydrogens (primary N) is 1. The highest BCUT2D eigenvalue weighted by Gasteiger charge is 2.09. The Morgan fingerprint density at radius 3 is 2.48 bits per heavy atom. The zero-order chi connectivity index (χ0) is 15.4. The van der Waals surface area contributed by atoms with E-state index in [1.54, 1.807) is 6.20 Å². The fourth-order valence-electron chi connectivity index (χ4n) is 2.25. The van der Waals surface area contributed by atoms with Gasteiger partial charge in [0.15, 0.2) is 0 Å². The first-order valence-electron chi connectivity index (χ1n) is 7.13. The third-order valence-corrected chi connectivity index (χ3v) is 3.66. The Morgan fingerprint density at radius 1 is 1.19 bits per heavy atom. The molecule has 0 bridgehead atoms. The fraction of sp³-hybridized carbons (Fsp3) is 0.353. The molecule has 0 saturated carbocycles. The Balaban J connectivity index is 2.22. The number of hydrogen-bond acceptors (Lipinski definition) is 3. The molecular formula is C17H21ClN2O. The van der Waals surface area contributed by atoms with Crippen LogP contribution < -0.4 is 10.5 Å². The van der Waals surface area contributed by atoms with Crippen molar-refractivity contribution >= 4 is 11.6 Å². The normalized spacial score (nSPS) is 12.2. The summed E-state index contributed by atoms with van der Waals surface area (Å²) in [4.78, 5) is 4.24. The molecule has 1 unspecified atom stereocenters. The van der Waals surface area contributed by atoms with Crippen molar-refractivity contribution in [3.63, 3.8) is 0 Å². The van der Waals surface area contributed by atoms with E-state index in [4.69, 9.17) is 22.1 Å². The summed E-state index contributed by atoms with van der Waals surface area (Å²) < 4.78 is 5.99. The average molecular weight is 305 g/mol. The van der Waals surface area contributed by atoms with Crippen LogP contribution in [0.4, 0.5) is 0 Å². The van der Waals surface area contributed by atoms with Gasteiger partial charge in [0, 0.05) is 17.3 Å². The second kappa shape index (κ2) is 6.92. The number of aryl methyl sites for hydroxylation is 2. The Hall–Kier alpha value is -1.58. The van der Waals surface area contributed by atoms with Crippen molar-refractivity contribution < 1.29 is 4.74 Å². The fourth-order valence-corrected chi connectivity index (χ4v) is 2.58. The maximum atomic E-state index is 6.04. The van der Waals surface area contributed by atoms with Gasteiger partial charge in [0.25, 0.3) is 0 Å². The van der Waals surface area contributed by atoms with Crippen LogP contribution in [0.5, 0.6) is 11.5 Å². The van der Waals surface area contributed by atoms with E-state index in [0.29, 0.717) is 0 Å². The molecule has 0 fully saturated rings. The van der Waals surface area contributed by atoms with Crippen molar-refractivity contribution in [3.05, 3.63) is 52.3 Å².